The van der Waals surface area contributed by atoms with Crippen molar-refractivity contribution >= 4 is 17.3 Å². The quantitative estimate of drug-likeness (QED) is 0.563. The molecule has 0 aromatic heterocycles. The number of hydrogen-bond acceptors (Lipinski definition) is 2. The number of rotatable bonds is 4. The number of halogens is 1. The Hall–Kier alpha value is -1.09. The van der Waals surface area contributed by atoms with Gasteiger partial charge in [0.25, 0.3) is 0 Å². The van der Waals surface area contributed by atoms with Crippen LogP contribution in [-0.4, -0.2) is 18.1 Å². The molecule has 4 heteroatoms. The Labute approximate surface area is 95.7 Å². The minimum Gasteiger partial charge on any atom is -0.279 e. The molecule has 1 rings (SSSR count). The van der Waals surface area contributed by atoms with E-state index in [4.69, 9.17) is 11.6 Å². The van der Waals surface area contributed by atoms with Gasteiger partial charge in [-0.2, -0.15) is 0 Å². The molecule has 0 saturated carbocycles. The van der Waals surface area contributed by atoms with Crippen LogP contribution in [0.25, 0.3) is 0 Å². The Bertz CT molecular complexity index is 325. The van der Waals surface area contributed by atoms with E-state index in [2.05, 4.69) is 10.3 Å². The van der Waals surface area contributed by atoms with Crippen molar-refractivity contribution in [1.29, 1.82) is 0 Å². The zero-order valence-corrected chi connectivity index (χ0v) is 10.1. The molecule has 15 heavy (non-hydrogen) atoms. The molecule has 0 atom stereocenters. The van der Waals surface area contributed by atoms with Crippen molar-refractivity contribution in [2.24, 2.45) is 10.3 Å². The van der Waals surface area contributed by atoms with E-state index < -0.39 is 0 Å². The van der Waals surface area contributed by atoms with E-state index in [1.54, 1.807) is 0 Å². The lowest BCUT2D eigenvalue weighted by atomic mass is 10.2. The van der Waals surface area contributed by atoms with Gasteiger partial charge in [0.2, 0.25) is 0 Å². The fourth-order valence-electron chi connectivity index (χ4n) is 1.21. The van der Waals surface area contributed by atoms with Crippen LogP contribution < -0.4 is 0 Å². The summed E-state index contributed by atoms with van der Waals surface area (Å²) in [5.41, 5.74) is 1.80. The van der Waals surface area contributed by atoms with E-state index in [1.807, 2.05) is 44.0 Å². The van der Waals surface area contributed by atoms with Crippen molar-refractivity contribution in [2.45, 2.75) is 20.8 Å². The Kier molecular flexibility index (Phi) is 4.56. The maximum absolute atomic E-state index is 6.03. The molecular weight excluding hydrogens is 210 g/mol. The van der Waals surface area contributed by atoms with Gasteiger partial charge in [0.05, 0.1) is 5.02 Å². The molecule has 82 valence electrons. The van der Waals surface area contributed by atoms with Crippen molar-refractivity contribution in [3.63, 3.8) is 0 Å². The van der Waals surface area contributed by atoms with Gasteiger partial charge in [-0.15, -0.1) is 5.11 Å². The van der Waals surface area contributed by atoms with Gasteiger partial charge >= 0.3 is 0 Å². The average Bonchev–Trinajstić information content (AvgIpc) is 2.23. The minimum absolute atomic E-state index is 0.644. The second-order valence-corrected chi connectivity index (χ2v) is 3.64. The number of nitrogens with zero attached hydrogens (tertiary/aromatic N) is 3. The second kappa shape index (κ2) is 5.71. The first kappa shape index (κ1) is 12.0. The highest BCUT2D eigenvalue weighted by molar-refractivity contribution is 6.33. The third-order valence-corrected chi connectivity index (χ3v) is 2.49. The molecule has 0 radical (unpaired) electrons. The SMILES string of the molecule is CCN(CC)N=Nc1c(C)cccc1Cl. The Morgan fingerprint density at radius 2 is 1.93 bits per heavy atom. The maximum Gasteiger partial charge on any atom is 0.109 e. The molecule has 0 heterocycles. The third kappa shape index (κ3) is 3.20. The molecule has 0 aliphatic heterocycles. The highest BCUT2D eigenvalue weighted by Crippen LogP contribution is 2.28. The Balaban J connectivity index is 2.88. The second-order valence-electron chi connectivity index (χ2n) is 3.23. The maximum atomic E-state index is 6.03. The van der Waals surface area contributed by atoms with Crippen LogP contribution in [0.3, 0.4) is 0 Å². The van der Waals surface area contributed by atoms with Gasteiger partial charge in [-0.25, -0.2) is 0 Å². The zero-order valence-electron chi connectivity index (χ0n) is 9.37. The third-order valence-electron chi connectivity index (χ3n) is 2.19. The molecule has 1 aromatic rings. The molecule has 0 aliphatic rings. The molecule has 0 N–H and O–H groups in total. The Morgan fingerprint density at radius 3 is 2.47 bits per heavy atom. The van der Waals surface area contributed by atoms with E-state index in [0.717, 1.165) is 24.3 Å². The molecular formula is C11H16ClN3. The molecule has 0 fully saturated rings. The van der Waals surface area contributed by atoms with Crippen molar-refractivity contribution < 1.29 is 0 Å². The van der Waals surface area contributed by atoms with Gasteiger partial charge < -0.3 is 0 Å². The number of benzene rings is 1. The fraction of sp³-hybridized carbons (Fsp3) is 0.455. The van der Waals surface area contributed by atoms with Crippen LogP contribution in [0.1, 0.15) is 19.4 Å². The monoisotopic (exact) mass is 225 g/mol. The number of hydrogen-bond donors (Lipinski definition) is 0. The molecule has 0 amide bonds. The first-order valence-electron chi connectivity index (χ1n) is 5.10. The lowest BCUT2D eigenvalue weighted by Crippen LogP contribution is -2.14. The molecule has 3 nitrogen and oxygen atoms in total. The summed E-state index contributed by atoms with van der Waals surface area (Å²) in [7, 11) is 0. The van der Waals surface area contributed by atoms with Crippen LogP contribution >= 0.6 is 11.6 Å². The predicted octanol–water partition coefficient (Wildman–Crippen LogP) is 3.99. The summed E-state index contributed by atoms with van der Waals surface area (Å²) in [6, 6.07) is 5.71. The molecule has 0 bridgehead atoms. The smallest absolute Gasteiger partial charge is 0.109 e. The summed E-state index contributed by atoms with van der Waals surface area (Å²) >= 11 is 6.03. The molecule has 0 unspecified atom stereocenters. The molecule has 0 saturated heterocycles. The van der Waals surface area contributed by atoms with Crippen LogP contribution in [0.4, 0.5) is 5.69 Å². The first-order chi connectivity index (χ1) is 7.19. The van der Waals surface area contributed by atoms with Gasteiger partial charge in [0, 0.05) is 13.1 Å². The summed E-state index contributed by atoms with van der Waals surface area (Å²) in [6.45, 7) is 7.76. The zero-order chi connectivity index (χ0) is 11.3. The predicted molar refractivity (Wildman–Crippen MR) is 63.6 cm³/mol. The topological polar surface area (TPSA) is 28.0 Å². The van der Waals surface area contributed by atoms with Crippen molar-refractivity contribution in [3.05, 3.63) is 28.8 Å². The van der Waals surface area contributed by atoms with Crippen LogP contribution in [0, 0.1) is 6.92 Å². The normalized spacial score (nSPS) is 10.9. The van der Waals surface area contributed by atoms with Crippen molar-refractivity contribution in [2.75, 3.05) is 13.1 Å². The first-order valence-corrected chi connectivity index (χ1v) is 5.48. The van der Waals surface area contributed by atoms with Gasteiger partial charge in [0.1, 0.15) is 5.69 Å². The summed E-state index contributed by atoms with van der Waals surface area (Å²) < 4.78 is 0. The summed E-state index contributed by atoms with van der Waals surface area (Å²) in [4.78, 5) is 0. The summed E-state index contributed by atoms with van der Waals surface area (Å²) in [5, 5.41) is 10.8. The van der Waals surface area contributed by atoms with Crippen LogP contribution in [0.5, 0.6) is 0 Å². The standard InChI is InChI=1S/C11H16ClN3/c1-4-15(5-2)14-13-11-9(3)7-6-8-10(11)12/h6-8H,4-5H2,1-3H3. The van der Waals surface area contributed by atoms with Gasteiger partial charge in [-0.3, -0.25) is 5.01 Å². The highest BCUT2D eigenvalue weighted by Gasteiger charge is 2.02. The van der Waals surface area contributed by atoms with E-state index in [-0.39, 0.29) is 0 Å². The van der Waals surface area contributed by atoms with Crippen LogP contribution in [0.2, 0.25) is 5.02 Å². The van der Waals surface area contributed by atoms with Gasteiger partial charge in [0.15, 0.2) is 0 Å². The van der Waals surface area contributed by atoms with E-state index in [1.165, 1.54) is 0 Å². The largest absolute Gasteiger partial charge is 0.279 e. The van der Waals surface area contributed by atoms with Crippen molar-refractivity contribution in [1.82, 2.24) is 5.01 Å². The summed E-state index contributed by atoms with van der Waals surface area (Å²) in [6.07, 6.45) is 0. The highest BCUT2D eigenvalue weighted by atomic mass is 35.5. The van der Waals surface area contributed by atoms with Gasteiger partial charge in [-0.1, -0.05) is 29.0 Å². The van der Waals surface area contributed by atoms with Crippen LogP contribution in [-0.2, 0) is 0 Å². The van der Waals surface area contributed by atoms with E-state index in [0.29, 0.717) is 5.02 Å². The lowest BCUT2D eigenvalue weighted by Gasteiger charge is -2.11. The lowest BCUT2D eigenvalue weighted by molar-refractivity contribution is 0.300. The Morgan fingerprint density at radius 1 is 1.27 bits per heavy atom. The fourth-order valence-corrected chi connectivity index (χ4v) is 1.47. The summed E-state index contributed by atoms with van der Waals surface area (Å²) in [5.74, 6) is 0. The van der Waals surface area contributed by atoms with E-state index >= 15 is 0 Å². The van der Waals surface area contributed by atoms with Gasteiger partial charge in [-0.05, 0) is 32.4 Å². The number of aryl methyl sites for hydroxylation is 1. The average molecular weight is 226 g/mol. The van der Waals surface area contributed by atoms with E-state index in [9.17, 15) is 0 Å². The molecule has 0 spiro atoms. The van der Waals surface area contributed by atoms with Crippen molar-refractivity contribution in [3.8, 4) is 0 Å². The minimum atomic E-state index is 0.644. The molecule has 0 aliphatic carbocycles. The molecule has 1 aromatic carbocycles. The van der Waals surface area contributed by atoms with Crippen LogP contribution in [0.15, 0.2) is 28.5 Å².